The van der Waals surface area contributed by atoms with Gasteiger partial charge in [0, 0.05) is 34.1 Å². The van der Waals surface area contributed by atoms with E-state index < -0.39 is 23.5 Å². The second kappa shape index (κ2) is 7.80. The molecule has 1 fully saturated rings. The van der Waals surface area contributed by atoms with Crippen molar-refractivity contribution in [2.24, 2.45) is 0 Å². The van der Waals surface area contributed by atoms with Gasteiger partial charge in [-0.15, -0.1) is 0 Å². The molecule has 1 unspecified atom stereocenters. The summed E-state index contributed by atoms with van der Waals surface area (Å²) < 4.78 is 11.3. The number of aromatic nitrogens is 1. The Balaban J connectivity index is 1.51. The quantitative estimate of drug-likeness (QED) is 0.390. The van der Waals surface area contributed by atoms with E-state index in [-0.39, 0.29) is 17.4 Å². The van der Waals surface area contributed by atoms with Crippen molar-refractivity contribution in [3.05, 3.63) is 77.4 Å². The molecule has 4 aromatic rings. The monoisotopic (exact) mass is 456 g/mol. The zero-order chi connectivity index (χ0) is 23.4. The number of ketones is 1. The van der Waals surface area contributed by atoms with Gasteiger partial charge in [-0.1, -0.05) is 43.2 Å². The molecule has 1 amide bonds. The number of aliphatic hydroxyl groups is 1. The van der Waals surface area contributed by atoms with Gasteiger partial charge in [-0.3, -0.25) is 9.59 Å². The lowest BCUT2D eigenvalue weighted by atomic mass is 9.93. The van der Waals surface area contributed by atoms with Crippen LogP contribution in [0.2, 0.25) is 0 Å². The number of aliphatic hydroxyl groups excluding tert-OH is 1. The van der Waals surface area contributed by atoms with Crippen molar-refractivity contribution in [3.63, 3.8) is 0 Å². The van der Waals surface area contributed by atoms with Gasteiger partial charge >= 0.3 is 0 Å². The highest BCUT2D eigenvalue weighted by Gasteiger charge is 2.48. The van der Waals surface area contributed by atoms with E-state index in [1.54, 1.807) is 17.0 Å². The molecule has 1 aliphatic heterocycles. The van der Waals surface area contributed by atoms with Gasteiger partial charge in [0.05, 0.1) is 18.7 Å². The molecule has 6 rings (SSSR count). The fraction of sp³-hybridized carbons (Fsp3) is 0.259. The molecule has 7 nitrogen and oxygen atoms in total. The number of ether oxygens (including phenoxy) is 1. The summed E-state index contributed by atoms with van der Waals surface area (Å²) in [5, 5.41) is 12.7. The molecule has 2 aromatic carbocycles. The Labute approximate surface area is 195 Å². The molecule has 2 N–H and O–H groups in total. The number of aromatic amines is 1. The minimum absolute atomic E-state index is 0.0330. The summed E-state index contributed by atoms with van der Waals surface area (Å²) in [6, 6.07) is 14.1. The summed E-state index contributed by atoms with van der Waals surface area (Å²) in [4.78, 5) is 32.1. The van der Waals surface area contributed by atoms with Crippen LogP contribution in [0.4, 0.5) is 0 Å². The van der Waals surface area contributed by atoms with Gasteiger partial charge in [0.2, 0.25) is 5.78 Å². The van der Waals surface area contributed by atoms with Crippen molar-refractivity contribution in [2.45, 2.75) is 37.8 Å². The number of fused-ring (bicyclic) bond motifs is 2. The van der Waals surface area contributed by atoms with E-state index in [1.165, 1.54) is 7.11 Å². The summed E-state index contributed by atoms with van der Waals surface area (Å²) in [7, 11) is 1.54. The molecule has 0 radical (unpaired) electrons. The fourth-order valence-electron chi connectivity index (χ4n) is 5.48. The number of H-pyrrole nitrogens is 1. The maximum atomic E-state index is 13.8. The summed E-state index contributed by atoms with van der Waals surface area (Å²) in [6.45, 7) is 0. The standard InChI is InChI=1S/C27H24N2O5/c1-33-20-12-6-7-15-13-21(34-26(15)20)24(30)22-23(18-14-28-19-11-5-4-10-17(18)19)29(27(32)25(22)31)16-8-2-3-9-16/h4-7,10-14,16,23,28,31H,2-3,8-9H2,1H3. The lowest BCUT2D eigenvalue weighted by Crippen LogP contribution is -2.38. The van der Waals surface area contributed by atoms with Crippen LogP contribution in [0, 0.1) is 0 Å². The molecular formula is C27H24N2O5. The molecule has 2 aliphatic rings. The van der Waals surface area contributed by atoms with Crippen molar-refractivity contribution in [1.29, 1.82) is 0 Å². The Hall–Kier alpha value is -4.00. The minimum Gasteiger partial charge on any atom is -0.503 e. The van der Waals surface area contributed by atoms with E-state index in [9.17, 15) is 14.7 Å². The number of carbonyl (C=O) groups is 2. The van der Waals surface area contributed by atoms with Crippen LogP contribution in [0.1, 0.15) is 47.8 Å². The number of para-hydroxylation sites is 2. The van der Waals surface area contributed by atoms with Gasteiger partial charge in [0.25, 0.3) is 5.91 Å². The van der Waals surface area contributed by atoms with E-state index in [0.717, 1.165) is 42.1 Å². The summed E-state index contributed by atoms with van der Waals surface area (Å²) in [5.74, 6) is -0.927. The summed E-state index contributed by atoms with van der Waals surface area (Å²) >= 11 is 0. The van der Waals surface area contributed by atoms with Crippen LogP contribution < -0.4 is 4.74 Å². The molecule has 7 heteroatoms. The molecule has 1 aliphatic carbocycles. The first-order valence-electron chi connectivity index (χ1n) is 11.5. The Morgan fingerprint density at radius 3 is 2.74 bits per heavy atom. The first kappa shape index (κ1) is 20.6. The Morgan fingerprint density at radius 2 is 1.94 bits per heavy atom. The SMILES string of the molecule is COc1cccc2cc(C(=O)C3=C(O)C(=O)N(C4CCCC4)C3c3c[nH]c4ccccc34)oc12. The maximum Gasteiger partial charge on any atom is 0.290 e. The van der Waals surface area contributed by atoms with Crippen molar-refractivity contribution in [3.8, 4) is 5.75 Å². The number of methoxy groups -OCH3 is 1. The van der Waals surface area contributed by atoms with Gasteiger partial charge < -0.3 is 24.1 Å². The number of nitrogens with one attached hydrogen (secondary N) is 1. The highest BCUT2D eigenvalue weighted by molar-refractivity contribution is 6.16. The van der Waals surface area contributed by atoms with Gasteiger partial charge in [-0.25, -0.2) is 0 Å². The van der Waals surface area contributed by atoms with Crippen LogP contribution in [0.5, 0.6) is 5.75 Å². The second-order valence-electron chi connectivity index (χ2n) is 8.92. The number of hydrogen-bond acceptors (Lipinski definition) is 5. The number of furan rings is 1. The molecule has 0 spiro atoms. The zero-order valence-corrected chi connectivity index (χ0v) is 18.7. The van der Waals surface area contributed by atoms with Gasteiger partial charge in [0.15, 0.2) is 22.9 Å². The molecule has 34 heavy (non-hydrogen) atoms. The Morgan fingerprint density at radius 1 is 1.15 bits per heavy atom. The van der Waals surface area contributed by atoms with E-state index in [0.29, 0.717) is 16.7 Å². The van der Waals surface area contributed by atoms with E-state index in [1.807, 2.05) is 42.6 Å². The van der Waals surface area contributed by atoms with Crippen LogP contribution in [-0.2, 0) is 4.79 Å². The van der Waals surface area contributed by atoms with Crippen LogP contribution in [0.3, 0.4) is 0 Å². The number of benzene rings is 2. The van der Waals surface area contributed by atoms with Gasteiger partial charge in [-0.05, 0) is 31.0 Å². The second-order valence-corrected chi connectivity index (χ2v) is 8.92. The first-order chi connectivity index (χ1) is 16.6. The molecule has 2 aromatic heterocycles. The van der Waals surface area contributed by atoms with Crippen molar-refractivity contribution < 1.29 is 23.8 Å². The fourth-order valence-corrected chi connectivity index (χ4v) is 5.48. The number of hydrogen-bond donors (Lipinski definition) is 2. The van der Waals surface area contributed by atoms with Crippen LogP contribution in [0.15, 0.2) is 70.5 Å². The van der Waals surface area contributed by atoms with Crippen molar-refractivity contribution >= 4 is 33.6 Å². The molecule has 0 saturated heterocycles. The molecule has 172 valence electrons. The molecular weight excluding hydrogens is 432 g/mol. The van der Waals surface area contributed by atoms with Crippen LogP contribution in [0.25, 0.3) is 21.9 Å². The smallest absolute Gasteiger partial charge is 0.290 e. The van der Waals surface area contributed by atoms with Gasteiger partial charge in [0.1, 0.15) is 0 Å². The van der Waals surface area contributed by atoms with Gasteiger partial charge in [-0.2, -0.15) is 0 Å². The van der Waals surface area contributed by atoms with E-state index in [4.69, 9.17) is 9.15 Å². The van der Waals surface area contributed by atoms with E-state index in [2.05, 4.69) is 4.98 Å². The largest absolute Gasteiger partial charge is 0.503 e. The molecule has 1 atom stereocenters. The van der Waals surface area contributed by atoms with E-state index >= 15 is 0 Å². The van der Waals surface area contributed by atoms with Crippen LogP contribution >= 0.6 is 0 Å². The zero-order valence-electron chi connectivity index (χ0n) is 18.7. The summed E-state index contributed by atoms with van der Waals surface area (Å²) in [6.07, 6.45) is 5.56. The predicted molar refractivity (Wildman–Crippen MR) is 127 cm³/mol. The normalized spacial score (nSPS) is 19.1. The Kier molecular flexibility index (Phi) is 4.72. The highest BCUT2D eigenvalue weighted by Crippen LogP contribution is 2.45. The third kappa shape index (κ3) is 2.96. The Bertz CT molecular complexity index is 1470. The number of amides is 1. The third-order valence-corrected chi connectivity index (χ3v) is 7.07. The maximum absolute atomic E-state index is 13.8. The lowest BCUT2D eigenvalue weighted by Gasteiger charge is -2.31. The highest BCUT2D eigenvalue weighted by atomic mass is 16.5. The predicted octanol–water partition coefficient (Wildman–Crippen LogP) is 5.44. The molecule has 0 bridgehead atoms. The molecule has 3 heterocycles. The average Bonchev–Trinajstić information content (AvgIpc) is 3.64. The summed E-state index contributed by atoms with van der Waals surface area (Å²) in [5.41, 5.74) is 2.20. The number of rotatable bonds is 5. The van der Waals surface area contributed by atoms with Crippen molar-refractivity contribution in [1.82, 2.24) is 9.88 Å². The topological polar surface area (TPSA) is 95.8 Å². The third-order valence-electron chi connectivity index (χ3n) is 7.07. The lowest BCUT2D eigenvalue weighted by molar-refractivity contribution is -0.131. The number of Topliss-reactive ketones (excluding diaryl/α,β-unsaturated/α-hetero) is 1. The van der Waals surface area contributed by atoms with Crippen molar-refractivity contribution in [2.75, 3.05) is 7.11 Å². The minimum atomic E-state index is -0.700. The average molecular weight is 456 g/mol. The van der Waals surface area contributed by atoms with Crippen LogP contribution in [-0.4, -0.2) is 39.8 Å². The first-order valence-corrected chi connectivity index (χ1v) is 11.5. The molecule has 1 saturated carbocycles. The number of nitrogens with zero attached hydrogens (tertiary/aromatic N) is 1. The number of carbonyl (C=O) groups excluding carboxylic acids is 2.